The van der Waals surface area contributed by atoms with Gasteiger partial charge in [-0.3, -0.25) is 0 Å². The Kier molecular flexibility index (Phi) is 7.35. The van der Waals surface area contributed by atoms with Crippen LogP contribution in [0, 0.1) is 0 Å². The lowest BCUT2D eigenvalue weighted by atomic mass is 9.84. The van der Waals surface area contributed by atoms with Crippen LogP contribution in [0.15, 0.2) is 119 Å². The molecule has 49 heavy (non-hydrogen) atoms. The highest BCUT2D eigenvalue weighted by Crippen LogP contribution is 2.51. The summed E-state index contributed by atoms with van der Waals surface area (Å²) in [5.41, 5.74) is 16.1. The lowest BCUT2D eigenvalue weighted by Crippen LogP contribution is -2.12. The smallest absolute Gasteiger partial charge is 0.119 e. The molecule has 2 aliphatic rings. The first kappa shape index (κ1) is 31.5. The van der Waals surface area contributed by atoms with Crippen LogP contribution in [0.1, 0.15) is 74.9 Å². The molecule has 0 radical (unpaired) electrons. The van der Waals surface area contributed by atoms with E-state index in [4.69, 9.17) is 0 Å². The van der Waals surface area contributed by atoms with Crippen molar-refractivity contribution in [1.82, 2.24) is 0 Å². The molecule has 0 saturated carbocycles. The predicted octanol–water partition coefficient (Wildman–Crippen LogP) is 12.3. The highest BCUT2D eigenvalue weighted by molar-refractivity contribution is 7.99. The van der Waals surface area contributed by atoms with Crippen molar-refractivity contribution >= 4 is 11.8 Å². The number of hydrogen-bond acceptors (Lipinski definition) is 3. The fourth-order valence-corrected chi connectivity index (χ4v) is 9.01. The summed E-state index contributed by atoms with van der Waals surface area (Å²) in [5, 5.41) is 23.1. The van der Waals surface area contributed by atoms with Gasteiger partial charge in [0.25, 0.3) is 0 Å². The molecule has 244 valence electrons. The van der Waals surface area contributed by atoms with E-state index >= 15 is 0 Å². The number of rotatable bonds is 4. The second-order valence-corrected chi connectivity index (χ2v) is 16.7. The van der Waals surface area contributed by atoms with Crippen LogP contribution in [-0.2, 0) is 23.7 Å². The maximum absolute atomic E-state index is 11.6. The Hall–Kier alpha value is -4.73. The predicted molar refractivity (Wildman–Crippen MR) is 205 cm³/mol. The Morgan fingerprint density at radius 3 is 1.16 bits per heavy atom. The monoisotopic (exact) mass is 658 g/mol. The Morgan fingerprint density at radius 1 is 0.429 bits per heavy atom. The molecule has 0 atom stereocenters. The molecule has 6 aromatic rings. The fraction of sp³-hybridized carbons (Fsp3) is 0.217. The van der Waals surface area contributed by atoms with Crippen molar-refractivity contribution in [2.24, 2.45) is 0 Å². The van der Waals surface area contributed by atoms with Crippen molar-refractivity contribution in [3.63, 3.8) is 0 Å². The van der Waals surface area contributed by atoms with Crippen molar-refractivity contribution in [3.8, 4) is 56.0 Å². The van der Waals surface area contributed by atoms with Crippen LogP contribution in [0.3, 0.4) is 0 Å². The van der Waals surface area contributed by atoms with Crippen LogP contribution in [0.2, 0.25) is 0 Å². The zero-order valence-corrected chi connectivity index (χ0v) is 29.9. The Morgan fingerprint density at radius 2 is 0.776 bits per heavy atom. The summed E-state index contributed by atoms with van der Waals surface area (Å²) < 4.78 is 0. The first-order chi connectivity index (χ1) is 23.4. The summed E-state index contributed by atoms with van der Waals surface area (Å²) in [6.45, 7) is 12.9. The zero-order valence-electron chi connectivity index (χ0n) is 29.1. The molecule has 2 nitrogen and oxygen atoms in total. The van der Waals surface area contributed by atoms with Gasteiger partial charge in [-0.05, 0) is 115 Å². The average molecular weight is 659 g/mol. The summed E-state index contributed by atoms with van der Waals surface area (Å²) in [5.74, 6) is 0.639. The van der Waals surface area contributed by atoms with Crippen LogP contribution in [0.4, 0.5) is 0 Å². The zero-order chi connectivity index (χ0) is 34.2. The van der Waals surface area contributed by atoms with Gasteiger partial charge in [-0.1, -0.05) is 138 Å². The van der Waals surface area contributed by atoms with Crippen LogP contribution in [0.25, 0.3) is 44.5 Å². The quantitative estimate of drug-likeness (QED) is 0.198. The molecular formula is C46H42O2S. The molecule has 0 bridgehead atoms. The molecule has 0 spiro atoms. The summed E-state index contributed by atoms with van der Waals surface area (Å²) in [6, 6.07) is 38.9. The van der Waals surface area contributed by atoms with Gasteiger partial charge in [0.1, 0.15) is 11.5 Å². The second-order valence-electron chi connectivity index (χ2n) is 15.7. The Labute approximate surface area is 294 Å². The van der Waals surface area contributed by atoms with Crippen LogP contribution >= 0.6 is 11.8 Å². The van der Waals surface area contributed by atoms with Crippen molar-refractivity contribution in [2.75, 3.05) is 0 Å². The van der Waals surface area contributed by atoms with Gasteiger partial charge in [0.15, 0.2) is 0 Å². The van der Waals surface area contributed by atoms with E-state index in [1.54, 1.807) is 11.8 Å². The number of aromatic hydroxyl groups is 2. The molecule has 6 aromatic carbocycles. The first-order valence-corrected chi connectivity index (χ1v) is 18.0. The molecule has 0 aromatic heterocycles. The van der Waals surface area contributed by atoms with Crippen molar-refractivity contribution in [2.45, 2.75) is 75.0 Å². The standard InChI is InChI=1S/C46H42O2S/c1-45(2,3)39-25-43(37(23-41(39)47)33-19-11-17-31-29-15-9-7-13-27(29)21-35(31)33)49-44-26-40(46(4,5)6)42(48)24-38(44)34-20-12-18-32-30-16-10-8-14-28(30)22-36(32)34/h7-20,23-26,47-48H,21-22H2,1-6H3. The fourth-order valence-electron chi connectivity index (χ4n) is 7.87. The van der Waals surface area contributed by atoms with E-state index in [0.717, 1.165) is 56.0 Å². The molecule has 0 aliphatic heterocycles. The van der Waals surface area contributed by atoms with Gasteiger partial charge < -0.3 is 10.2 Å². The molecule has 0 amide bonds. The summed E-state index contributed by atoms with van der Waals surface area (Å²) >= 11 is 1.74. The van der Waals surface area contributed by atoms with Gasteiger partial charge in [-0.15, -0.1) is 0 Å². The second kappa shape index (κ2) is 11.4. The van der Waals surface area contributed by atoms with Gasteiger partial charge in [0.05, 0.1) is 0 Å². The van der Waals surface area contributed by atoms with Gasteiger partial charge in [-0.25, -0.2) is 0 Å². The molecule has 0 fully saturated rings. The summed E-state index contributed by atoms with van der Waals surface area (Å²) in [4.78, 5) is 2.18. The van der Waals surface area contributed by atoms with Gasteiger partial charge in [0, 0.05) is 20.9 Å². The highest BCUT2D eigenvalue weighted by atomic mass is 32.2. The Bertz CT molecular complexity index is 2130. The molecule has 3 heteroatoms. The molecule has 0 heterocycles. The average Bonchev–Trinajstić information content (AvgIpc) is 3.63. The van der Waals surface area contributed by atoms with E-state index in [9.17, 15) is 10.2 Å². The third-order valence-electron chi connectivity index (χ3n) is 10.3. The van der Waals surface area contributed by atoms with Crippen LogP contribution in [0.5, 0.6) is 11.5 Å². The van der Waals surface area contributed by atoms with Gasteiger partial charge in [0.2, 0.25) is 0 Å². The molecule has 8 rings (SSSR count). The van der Waals surface area contributed by atoms with E-state index in [0.29, 0.717) is 11.5 Å². The number of phenols is 2. The van der Waals surface area contributed by atoms with Gasteiger partial charge in [-0.2, -0.15) is 0 Å². The number of hydrogen-bond donors (Lipinski definition) is 2. The third kappa shape index (κ3) is 5.36. The lowest BCUT2D eigenvalue weighted by Gasteiger charge is -2.26. The molecule has 2 N–H and O–H groups in total. The Balaban J connectivity index is 1.35. The maximum atomic E-state index is 11.6. The van der Waals surface area contributed by atoms with E-state index in [1.165, 1.54) is 44.5 Å². The number of phenolic OH excluding ortho intramolecular Hbond substituents is 2. The summed E-state index contributed by atoms with van der Waals surface area (Å²) in [6.07, 6.45) is 1.73. The van der Waals surface area contributed by atoms with Crippen LogP contribution in [-0.4, -0.2) is 10.2 Å². The largest absolute Gasteiger partial charge is 0.508 e. The molecular weight excluding hydrogens is 617 g/mol. The maximum Gasteiger partial charge on any atom is 0.119 e. The van der Waals surface area contributed by atoms with E-state index < -0.39 is 0 Å². The van der Waals surface area contributed by atoms with E-state index in [2.05, 4.69) is 139 Å². The van der Waals surface area contributed by atoms with E-state index in [-0.39, 0.29) is 10.8 Å². The summed E-state index contributed by atoms with van der Waals surface area (Å²) in [7, 11) is 0. The minimum Gasteiger partial charge on any atom is -0.508 e. The van der Waals surface area contributed by atoms with Crippen LogP contribution < -0.4 is 0 Å². The number of fused-ring (bicyclic) bond motifs is 6. The van der Waals surface area contributed by atoms with Crippen molar-refractivity contribution in [3.05, 3.63) is 143 Å². The molecule has 0 unspecified atom stereocenters. The first-order valence-electron chi connectivity index (χ1n) is 17.2. The molecule has 0 saturated heterocycles. The number of benzene rings is 6. The van der Waals surface area contributed by atoms with E-state index in [1.807, 2.05) is 12.1 Å². The molecule has 2 aliphatic carbocycles. The highest BCUT2D eigenvalue weighted by Gasteiger charge is 2.29. The van der Waals surface area contributed by atoms with Gasteiger partial charge >= 0.3 is 0 Å². The minimum absolute atomic E-state index is 0.257. The third-order valence-corrected chi connectivity index (χ3v) is 11.4. The van der Waals surface area contributed by atoms with Crippen molar-refractivity contribution < 1.29 is 10.2 Å². The normalized spacial score (nSPS) is 13.2. The van der Waals surface area contributed by atoms with Crippen molar-refractivity contribution in [1.29, 1.82) is 0 Å². The minimum atomic E-state index is -0.257. The topological polar surface area (TPSA) is 40.5 Å². The SMILES string of the molecule is CC(C)(C)c1cc(Sc2cc(C(C)(C)C)c(O)cc2-c2cccc3c2Cc2ccccc2-3)c(-c2cccc3c2Cc2ccccc2-3)cc1O. The lowest BCUT2D eigenvalue weighted by molar-refractivity contribution is 0.445.